The molecule has 2 N–H and O–H groups in total. The van der Waals surface area contributed by atoms with Gasteiger partial charge in [0.05, 0.1) is 22.8 Å². The number of anilines is 2. The van der Waals surface area contributed by atoms with E-state index in [9.17, 15) is 0 Å². The van der Waals surface area contributed by atoms with Crippen molar-refractivity contribution in [2.75, 3.05) is 10.6 Å². The molecule has 0 spiro atoms. The van der Waals surface area contributed by atoms with E-state index in [2.05, 4.69) is 20.6 Å². The maximum absolute atomic E-state index is 5.26. The Labute approximate surface area is 111 Å². The molecule has 2 aromatic heterocycles. The summed E-state index contributed by atoms with van der Waals surface area (Å²) in [6.07, 6.45) is 3.50. The Balaban J connectivity index is 2.06. The minimum atomic E-state index is 0.530. The first-order valence-electron chi connectivity index (χ1n) is 5.58. The second kappa shape index (κ2) is 5.55. The molecule has 0 saturated heterocycles. The summed E-state index contributed by atoms with van der Waals surface area (Å²) in [4.78, 5) is 8.39. The second-order valence-corrected chi connectivity index (χ2v) is 4.26. The van der Waals surface area contributed by atoms with Crippen LogP contribution in [0.1, 0.15) is 11.4 Å². The van der Waals surface area contributed by atoms with Crippen LogP contribution in [0.25, 0.3) is 0 Å². The highest BCUT2D eigenvalue weighted by molar-refractivity contribution is 7.80. The SMILES string of the molecule is Cc1ncccc1NC(=S)Nc1cccnc1C. The number of aryl methyl sites for hydroxylation is 2. The molecule has 18 heavy (non-hydrogen) atoms. The Bertz CT molecular complexity index is 519. The maximum Gasteiger partial charge on any atom is 0.175 e. The summed E-state index contributed by atoms with van der Waals surface area (Å²) >= 11 is 5.26. The first-order chi connectivity index (χ1) is 8.66. The van der Waals surface area contributed by atoms with Crippen molar-refractivity contribution in [1.82, 2.24) is 9.97 Å². The number of aromatic nitrogens is 2. The number of nitrogens with one attached hydrogen (secondary N) is 2. The van der Waals surface area contributed by atoms with Crippen molar-refractivity contribution in [2.24, 2.45) is 0 Å². The van der Waals surface area contributed by atoms with Crippen LogP contribution in [0, 0.1) is 13.8 Å². The van der Waals surface area contributed by atoms with E-state index in [1.807, 2.05) is 38.1 Å². The molecular weight excluding hydrogens is 244 g/mol. The van der Waals surface area contributed by atoms with Crippen molar-refractivity contribution in [3.05, 3.63) is 48.0 Å². The highest BCUT2D eigenvalue weighted by atomic mass is 32.1. The topological polar surface area (TPSA) is 49.8 Å². The van der Waals surface area contributed by atoms with Gasteiger partial charge in [0.2, 0.25) is 0 Å². The number of nitrogens with zero attached hydrogens (tertiary/aromatic N) is 2. The zero-order valence-corrected chi connectivity index (χ0v) is 11.1. The lowest BCUT2D eigenvalue weighted by Crippen LogP contribution is -2.20. The molecule has 0 fully saturated rings. The molecule has 0 bridgehead atoms. The molecule has 0 radical (unpaired) electrons. The van der Waals surface area contributed by atoms with Crippen molar-refractivity contribution in [3.8, 4) is 0 Å². The molecule has 0 saturated carbocycles. The van der Waals surface area contributed by atoms with E-state index in [-0.39, 0.29) is 0 Å². The predicted molar refractivity (Wildman–Crippen MR) is 77.8 cm³/mol. The lowest BCUT2D eigenvalue weighted by Gasteiger charge is -2.12. The molecule has 0 unspecified atom stereocenters. The monoisotopic (exact) mass is 258 g/mol. The lowest BCUT2D eigenvalue weighted by molar-refractivity contribution is 1.20. The van der Waals surface area contributed by atoms with Crippen molar-refractivity contribution in [2.45, 2.75) is 13.8 Å². The van der Waals surface area contributed by atoms with Gasteiger partial charge in [-0.1, -0.05) is 0 Å². The molecule has 5 heteroatoms. The van der Waals surface area contributed by atoms with Crippen molar-refractivity contribution >= 4 is 28.7 Å². The minimum Gasteiger partial charge on any atom is -0.331 e. The third kappa shape index (κ3) is 3.01. The summed E-state index contributed by atoms with van der Waals surface area (Å²) in [6, 6.07) is 7.61. The van der Waals surface area contributed by atoms with Gasteiger partial charge in [0, 0.05) is 12.4 Å². The van der Waals surface area contributed by atoms with E-state index >= 15 is 0 Å². The molecule has 0 aliphatic carbocycles. The van der Waals surface area contributed by atoms with E-state index < -0.39 is 0 Å². The van der Waals surface area contributed by atoms with Gasteiger partial charge in [-0.15, -0.1) is 0 Å². The summed E-state index contributed by atoms with van der Waals surface area (Å²) in [5.41, 5.74) is 3.61. The summed E-state index contributed by atoms with van der Waals surface area (Å²) in [5, 5.41) is 6.76. The average Bonchev–Trinajstić information content (AvgIpc) is 2.35. The van der Waals surface area contributed by atoms with Gasteiger partial charge in [0.15, 0.2) is 5.11 Å². The van der Waals surface area contributed by atoms with E-state index in [1.165, 1.54) is 0 Å². The van der Waals surface area contributed by atoms with Crippen LogP contribution in [0.15, 0.2) is 36.7 Å². The van der Waals surface area contributed by atoms with Crippen LogP contribution >= 0.6 is 12.2 Å². The van der Waals surface area contributed by atoms with Crippen molar-refractivity contribution < 1.29 is 0 Å². The Morgan fingerprint density at radius 1 is 0.944 bits per heavy atom. The third-order valence-corrected chi connectivity index (χ3v) is 2.71. The highest BCUT2D eigenvalue weighted by Gasteiger charge is 2.03. The van der Waals surface area contributed by atoms with E-state index in [1.54, 1.807) is 12.4 Å². The smallest absolute Gasteiger partial charge is 0.175 e. The van der Waals surface area contributed by atoms with E-state index in [4.69, 9.17) is 12.2 Å². The molecule has 2 rings (SSSR count). The van der Waals surface area contributed by atoms with Crippen LogP contribution in [0.3, 0.4) is 0 Å². The Hall–Kier alpha value is -2.01. The Kier molecular flexibility index (Phi) is 3.84. The molecule has 92 valence electrons. The highest BCUT2D eigenvalue weighted by Crippen LogP contribution is 2.13. The molecular formula is C13H14N4S. The molecule has 0 aliphatic rings. The van der Waals surface area contributed by atoms with Crippen molar-refractivity contribution in [3.63, 3.8) is 0 Å². The largest absolute Gasteiger partial charge is 0.331 e. The van der Waals surface area contributed by atoms with Crippen LogP contribution in [-0.2, 0) is 0 Å². The fourth-order valence-corrected chi connectivity index (χ4v) is 1.73. The van der Waals surface area contributed by atoms with Gasteiger partial charge in [0.25, 0.3) is 0 Å². The second-order valence-electron chi connectivity index (χ2n) is 3.85. The van der Waals surface area contributed by atoms with Crippen LogP contribution in [0.4, 0.5) is 11.4 Å². The Morgan fingerprint density at radius 2 is 1.39 bits per heavy atom. The lowest BCUT2D eigenvalue weighted by atomic mass is 10.3. The summed E-state index contributed by atoms with van der Waals surface area (Å²) < 4.78 is 0. The van der Waals surface area contributed by atoms with Gasteiger partial charge in [-0.25, -0.2) is 0 Å². The zero-order chi connectivity index (χ0) is 13.0. The molecule has 0 amide bonds. The minimum absolute atomic E-state index is 0.530. The molecule has 4 nitrogen and oxygen atoms in total. The van der Waals surface area contributed by atoms with Gasteiger partial charge in [-0.3, -0.25) is 9.97 Å². The van der Waals surface area contributed by atoms with Gasteiger partial charge in [0.1, 0.15) is 0 Å². The zero-order valence-electron chi connectivity index (χ0n) is 10.3. The normalized spacial score (nSPS) is 9.89. The molecule has 2 heterocycles. The summed E-state index contributed by atoms with van der Waals surface area (Å²) in [5.74, 6) is 0. The fraction of sp³-hybridized carbons (Fsp3) is 0.154. The van der Waals surface area contributed by atoms with Crippen LogP contribution in [0.2, 0.25) is 0 Å². The first-order valence-corrected chi connectivity index (χ1v) is 5.99. The van der Waals surface area contributed by atoms with Crippen LogP contribution < -0.4 is 10.6 Å². The van der Waals surface area contributed by atoms with Gasteiger partial charge >= 0.3 is 0 Å². The first kappa shape index (κ1) is 12.4. The van der Waals surface area contributed by atoms with Gasteiger partial charge in [-0.2, -0.15) is 0 Å². The van der Waals surface area contributed by atoms with Gasteiger partial charge in [-0.05, 0) is 50.3 Å². The third-order valence-electron chi connectivity index (χ3n) is 2.51. The number of rotatable bonds is 2. The number of pyridine rings is 2. The summed E-state index contributed by atoms with van der Waals surface area (Å²) in [6.45, 7) is 3.86. The molecule has 2 aromatic rings. The quantitative estimate of drug-likeness (QED) is 0.811. The number of thiocarbonyl (C=S) groups is 1. The standard InChI is InChI=1S/C13H14N4S/c1-9-11(5-3-7-14-9)16-13(18)17-12-6-4-8-15-10(12)2/h3-8H,1-2H3,(H2,16,17,18). The van der Waals surface area contributed by atoms with Gasteiger partial charge < -0.3 is 10.6 Å². The number of hydrogen-bond acceptors (Lipinski definition) is 3. The molecule has 0 atom stereocenters. The maximum atomic E-state index is 5.26. The van der Waals surface area contributed by atoms with Crippen molar-refractivity contribution in [1.29, 1.82) is 0 Å². The van der Waals surface area contributed by atoms with Crippen LogP contribution in [0.5, 0.6) is 0 Å². The average molecular weight is 258 g/mol. The Morgan fingerprint density at radius 3 is 1.78 bits per heavy atom. The molecule has 0 aromatic carbocycles. The van der Waals surface area contributed by atoms with Crippen LogP contribution in [-0.4, -0.2) is 15.1 Å². The fourth-order valence-electron chi connectivity index (χ4n) is 1.51. The van der Waals surface area contributed by atoms with E-state index in [0.29, 0.717) is 5.11 Å². The van der Waals surface area contributed by atoms with E-state index in [0.717, 1.165) is 22.8 Å². The summed E-state index contributed by atoms with van der Waals surface area (Å²) in [7, 11) is 0. The predicted octanol–water partition coefficient (Wildman–Crippen LogP) is 2.90. The molecule has 0 aliphatic heterocycles. The number of hydrogen-bond donors (Lipinski definition) is 2.